The Kier molecular flexibility index (Phi) is 2.72. The van der Waals surface area contributed by atoms with Gasteiger partial charge in [-0.3, -0.25) is 10.1 Å². The number of hydrogen-bond acceptors (Lipinski definition) is 3. The third-order valence-corrected chi connectivity index (χ3v) is 2.86. The van der Waals surface area contributed by atoms with E-state index in [4.69, 9.17) is 5.73 Å². The largest absolute Gasteiger partial charge is 0.382 e. The number of aromatic amines is 1. The Morgan fingerprint density at radius 2 is 1.95 bits per heavy atom. The van der Waals surface area contributed by atoms with Gasteiger partial charge in [0.05, 0.1) is 11.3 Å². The van der Waals surface area contributed by atoms with Crippen molar-refractivity contribution >= 4 is 5.82 Å². The molecule has 0 atom stereocenters. The maximum Gasteiger partial charge on any atom is 0.153 e. The first-order valence-corrected chi connectivity index (χ1v) is 5.76. The fraction of sp³-hybridized carbons (Fsp3) is 0. The number of anilines is 1. The van der Waals surface area contributed by atoms with Gasteiger partial charge in [-0.1, -0.05) is 12.1 Å². The van der Waals surface area contributed by atoms with Gasteiger partial charge in [0.1, 0.15) is 5.82 Å². The summed E-state index contributed by atoms with van der Waals surface area (Å²) in [4.78, 5) is 4.06. The lowest BCUT2D eigenvalue weighted by Gasteiger charge is -2.04. The number of pyridine rings is 1. The van der Waals surface area contributed by atoms with Gasteiger partial charge in [-0.15, -0.1) is 0 Å². The van der Waals surface area contributed by atoms with Crippen LogP contribution >= 0.6 is 0 Å². The van der Waals surface area contributed by atoms with Crippen molar-refractivity contribution in [2.45, 2.75) is 0 Å². The zero-order valence-corrected chi connectivity index (χ0v) is 9.97. The van der Waals surface area contributed by atoms with Crippen LogP contribution in [0.15, 0.2) is 48.8 Å². The summed E-state index contributed by atoms with van der Waals surface area (Å²) >= 11 is 0. The first-order valence-electron chi connectivity index (χ1n) is 5.76. The molecule has 0 bridgehead atoms. The Morgan fingerprint density at radius 1 is 1.11 bits per heavy atom. The number of aromatic nitrogens is 3. The van der Waals surface area contributed by atoms with E-state index in [0.29, 0.717) is 16.9 Å². The molecule has 94 valence electrons. The molecule has 2 heterocycles. The predicted octanol–water partition coefficient (Wildman–Crippen LogP) is 2.86. The summed E-state index contributed by atoms with van der Waals surface area (Å²) in [6.45, 7) is 0. The third-order valence-electron chi connectivity index (χ3n) is 2.86. The quantitative estimate of drug-likeness (QED) is 0.738. The number of benzene rings is 1. The molecule has 19 heavy (non-hydrogen) atoms. The van der Waals surface area contributed by atoms with Gasteiger partial charge in [0.2, 0.25) is 0 Å². The number of nitrogens with one attached hydrogen (secondary N) is 1. The number of nitrogen functional groups attached to an aromatic ring is 1. The van der Waals surface area contributed by atoms with E-state index in [1.807, 2.05) is 12.1 Å². The van der Waals surface area contributed by atoms with Crippen molar-refractivity contribution in [3.63, 3.8) is 0 Å². The summed E-state index contributed by atoms with van der Waals surface area (Å²) in [6.07, 6.45) is 3.39. The van der Waals surface area contributed by atoms with E-state index in [-0.39, 0.29) is 5.82 Å². The Hall–Kier alpha value is -2.69. The summed E-state index contributed by atoms with van der Waals surface area (Å²) in [7, 11) is 0. The molecule has 0 aliphatic rings. The highest BCUT2D eigenvalue weighted by molar-refractivity contribution is 5.87. The lowest BCUT2D eigenvalue weighted by molar-refractivity contribution is 0.628. The lowest BCUT2D eigenvalue weighted by Crippen LogP contribution is -1.89. The molecule has 3 rings (SSSR count). The Balaban J connectivity index is 2.20. The lowest BCUT2D eigenvalue weighted by atomic mass is 10.0. The van der Waals surface area contributed by atoms with Gasteiger partial charge in [-0.05, 0) is 29.8 Å². The van der Waals surface area contributed by atoms with Crippen LogP contribution in [-0.4, -0.2) is 15.2 Å². The molecule has 0 spiro atoms. The molecule has 0 unspecified atom stereocenters. The van der Waals surface area contributed by atoms with Crippen molar-refractivity contribution in [2.24, 2.45) is 0 Å². The average Bonchev–Trinajstić information content (AvgIpc) is 2.82. The average molecular weight is 254 g/mol. The van der Waals surface area contributed by atoms with Crippen molar-refractivity contribution in [1.82, 2.24) is 15.2 Å². The van der Waals surface area contributed by atoms with Crippen LogP contribution < -0.4 is 5.73 Å². The monoisotopic (exact) mass is 254 g/mol. The van der Waals surface area contributed by atoms with Crippen LogP contribution in [0.2, 0.25) is 0 Å². The van der Waals surface area contributed by atoms with Crippen LogP contribution in [-0.2, 0) is 0 Å². The van der Waals surface area contributed by atoms with Crippen LogP contribution in [0.1, 0.15) is 0 Å². The van der Waals surface area contributed by atoms with E-state index in [1.165, 1.54) is 12.1 Å². The molecule has 5 heteroatoms. The molecule has 0 fully saturated rings. The summed E-state index contributed by atoms with van der Waals surface area (Å²) in [5.41, 5.74) is 8.83. The fourth-order valence-corrected chi connectivity index (χ4v) is 2.01. The molecule has 3 N–H and O–H groups in total. The number of H-pyrrole nitrogens is 1. The van der Waals surface area contributed by atoms with E-state index in [2.05, 4.69) is 15.2 Å². The molecule has 0 amide bonds. The SMILES string of the molecule is Nc1n[nH]c(-c2cccnc2)c1-c1cccc(F)c1. The topological polar surface area (TPSA) is 67.6 Å². The van der Waals surface area contributed by atoms with Crippen LogP contribution in [0.25, 0.3) is 22.4 Å². The number of nitrogens with zero attached hydrogens (tertiary/aromatic N) is 2. The summed E-state index contributed by atoms with van der Waals surface area (Å²) < 4.78 is 13.3. The number of hydrogen-bond donors (Lipinski definition) is 2. The van der Waals surface area contributed by atoms with Crippen LogP contribution in [0.3, 0.4) is 0 Å². The molecule has 1 aromatic carbocycles. The molecule has 0 radical (unpaired) electrons. The minimum atomic E-state index is -0.310. The molecule has 4 nitrogen and oxygen atoms in total. The van der Waals surface area contributed by atoms with E-state index >= 15 is 0 Å². The highest BCUT2D eigenvalue weighted by Gasteiger charge is 2.15. The van der Waals surface area contributed by atoms with E-state index < -0.39 is 0 Å². The molecule has 3 aromatic rings. The maximum absolute atomic E-state index is 13.3. The Bertz CT molecular complexity index is 706. The minimum Gasteiger partial charge on any atom is -0.382 e. The fourth-order valence-electron chi connectivity index (χ4n) is 2.01. The van der Waals surface area contributed by atoms with Crippen molar-refractivity contribution < 1.29 is 4.39 Å². The van der Waals surface area contributed by atoms with E-state index in [1.54, 1.807) is 24.5 Å². The molecule has 0 aliphatic carbocycles. The number of rotatable bonds is 2. The minimum absolute atomic E-state index is 0.310. The second-order valence-corrected chi connectivity index (χ2v) is 4.11. The van der Waals surface area contributed by atoms with Crippen molar-refractivity contribution in [3.05, 3.63) is 54.6 Å². The summed E-state index contributed by atoms with van der Waals surface area (Å²) in [6, 6.07) is 9.98. The normalized spacial score (nSPS) is 10.6. The predicted molar refractivity (Wildman–Crippen MR) is 71.6 cm³/mol. The summed E-state index contributed by atoms with van der Waals surface area (Å²) in [5, 5.41) is 6.87. The van der Waals surface area contributed by atoms with Crippen molar-refractivity contribution in [2.75, 3.05) is 5.73 Å². The Morgan fingerprint density at radius 3 is 2.68 bits per heavy atom. The highest BCUT2D eigenvalue weighted by Crippen LogP contribution is 2.34. The van der Waals surface area contributed by atoms with Crippen LogP contribution in [0.5, 0.6) is 0 Å². The molecular formula is C14H11FN4. The van der Waals surface area contributed by atoms with E-state index in [9.17, 15) is 4.39 Å². The maximum atomic E-state index is 13.3. The van der Waals surface area contributed by atoms with E-state index in [0.717, 1.165) is 11.3 Å². The van der Waals surface area contributed by atoms with Crippen molar-refractivity contribution in [1.29, 1.82) is 0 Å². The number of halogens is 1. The highest BCUT2D eigenvalue weighted by atomic mass is 19.1. The Labute approximate surface area is 109 Å². The second kappa shape index (κ2) is 4.53. The molecule has 0 saturated heterocycles. The van der Waals surface area contributed by atoms with Crippen LogP contribution in [0, 0.1) is 5.82 Å². The molecular weight excluding hydrogens is 243 g/mol. The molecule has 0 aliphatic heterocycles. The zero-order valence-electron chi connectivity index (χ0n) is 9.97. The van der Waals surface area contributed by atoms with Gasteiger partial charge in [0.15, 0.2) is 5.82 Å². The molecule has 2 aromatic heterocycles. The first-order chi connectivity index (χ1) is 9.25. The van der Waals surface area contributed by atoms with Gasteiger partial charge in [-0.25, -0.2) is 4.39 Å². The van der Waals surface area contributed by atoms with Crippen LogP contribution in [0.4, 0.5) is 10.2 Å². The summed E-state index contributed by atoms with van der Waals surface area (Å²) in [5.74, 6) is 0.0275. The van der Waals surface area contributed by atoms with Gasteiger partial charge in [0, 0.05) is 18.0 Å². The molecule has 0 saturated carbocycles. The van der Waals surface area contributed by atoms with Gasteiger partial charge in [-0.2, -0.15) is 5.10 Å². The smallest absolute Gasteiger partial charge is 0.153 e. The second-order valence-electron chi connectivity index (χ2n) is 4.11. The zero-order chi connectivity index (χ0) is 13.2. The van der Waals surface area contributed by atoms with Crippen molar-refractivity contribution in [3.8, 4) is 22.4 Å². The van der Waals surface area contributed by atoms with Gasteiger partial charge >= 0.3 is 0 Å². The van der Waals surface area contributed by atoms with Gasteiger partial charge < -0.3 is 5.73 Å². The standard InChI is InChI=1S/C14H11FN4/c15-11-5-1-3-9(7-11)12-13(18-19-14(12)16)10-4-2-6-17-8-10/h1-8H,(H3,16,18,19). The first kappa shape index (κ1) is 11.4. The third kappa shape index (κ3) is 2.06. The number of nitrogens with two attached hydrogens (primary N) is 1. The van der Waals surface area contributed by atoms with Gasteiger partial charge in [0.25, 0.3) is 0 Å².